The first kappa shape index (κ1) is 14.5. The fourth-order valence-corrected chi connectivity index (χ4v) is 2.74. The highest BCUT2D eigenvalue weighted by atomic mass is 15.3. The van der Waals surface area contributed by atoms with Gasteiger partial charge in [-0.05, 0) is 50.9 Å². The third kappa shape index (κ3) is 3.80. The Kier molecular flexibility index (Phi) is 4.63. The summed E-state index contributed by atoms with van der Waals surface area (Å²) in [6.07, 6.45) is 3.60. The van der Waals surface area contributed by atoms with Crippen LogP contribution in [-0.2, 0) is 20.0 Å². The predicted octanol–water partition coefficient (Wildman–Crippen LogP) is 1.80. The van der Waals surface area contributed by atoms with Crippen molar-refractivity contribution in [3.05, 3.63) is 17.5 Å². The Morgan fingerprint density at radius 2 is 2.00 bits per heavy atom. The van der Waals surface area contributed by atoms with E-state index in [0.717, 1.165) is 19.5 Å². The van der Waals surface area contributed by atoms with Crippen molar-refractivity contribution in [3.8, 4) is 0 Å². The molecule has 0 radical (unpaired) electrons. The summed E-state index contributed by atoms with van der Waals surface area (Å²) in [5.41, 5.74) is 2.93. The number of hydrogen-bond donors (Lipinski definition) is 1. The Morgan fingerprint density at radius 3 is 2.58 bits per heavy atom. The largest absolute Gasteiger partial charge is 0.311 e. The molecule has 0 amide bonds. The zero-order valence-corrected chi connectivity index (χ0v) is 12.9. The van der Waals surface area contributed by atoms with Gasteiger partial charge in [0.1, 0.15) is 0 Å². The number of aryl methyl sites for hydroxylation is 2. The van der Waals surface area contributed by atoms with E-state index in [9.17, 15) is 0 Å². The fraction of sp³-hybridized carbons (Fsp3) is 0.800. The van der Waals surface area contributed by atoms with E-state index in [1.165, 1.54) is 37.3 Å². The Bertz CT molecular complexity index is 402. The molecule has 1 aliphatic rings. The van der Waals surface area contributed by atoms with Crippen molar-refractivity contribution in [3.63, 3.8) is 0 Å². The van der Waals surface area contributed by atoms with E-state index in [1.807, 2.05) is 11.7 Å². The molecule has 0 bridgehead atoms. The van der Waals surface area contributed by atoms with Crippen molar-refractivity contribution in [2.75, 3.05) is 26.7 Å². The van der Waals surface area contributed by atoms with Gasteiger partial charge in [-0.1, -0.05) is 13.8 Å². The average Bonchev–Trinajstić information content (AvgIpc) is 2.75. The van der Waals surface area contributed by atoms with Gasteiger partial charge in [-0.15, -0.1) is 0 Å². The molecule has 19 heavy (non-hydrogen) atoms. The highest BCUT2D eigenvalue weighted by molar-refractivity contribution is 5.10. The van der Waals surface area contributed by atoms with Crippen LogP contribution in [0.4, 0.5) is 0 Å². The molecule has 1 N–H and O–H groups in total. The normalized spacial score (nSPS) is 19.8. The Hall–Kier alpha value is -0.870. The highest BCUT2D eigenvalue weighted by Gasteiger charge is 2.28. The van der Waals surface area contributed by atoms with Crippen LogP contribution in [0.1, 0.15) is 38.1 Å². The molecule has 0 aliphatic carbocycles. The number of rotatable bonds is 5. The van der Waals surface area contributed by atoms with E-state index in [2.05, 4.69) is 42.3 Å². The number of nitrogens with zero attached hydrogens (tertiary/aromatic N) is 3. The van der Waals surface area contributed by atoms with Gasteiger partial charge in [0.2, 0.25) is 0 Å². The van der Waals surface area contributed by atoms with Gasteiger partial charge in [-0.25, -0.2) is 0 Å². The van der Waals surface area contributed by atoms with Crippen molar-refractivity contribution in [2.45, 2.75) is 39.7 Å². The summed E-state index contributed by atoms with van der Waals surface area (Å²) < 4.78 is 2.00. The lowest BCUT2D eigenvalue weighted by Gasteiger charge is -2.38. The molecule has 1 fully saturated rings. The second-order valence-electron chi connectivity index (χ2n) is 6.32. The Labute approximate surface area is 117 Å². The number of nitrogens with one attached hydrogen (secondary N) is 1. The van der Waals surface area contributed by atoms with E-state index in [1.54, 1.807) is 0 Å². The molecule has 1 aliphatic heterocycles. The molecule has 0 unspecified atom stereocenters. The van der Waals surface area contributed by atoms with Crippen LogP contribution in [0, 0.1) is 5.41 Å². The molecule has 1 aromatic heterocycles. The van der Waals surface area contributed by atoms with Crippen LogP contribution in [0.5, 0.6) is 0 Å². The summed E-state index contributed by atoms with van der Waals surface area (Å²) in [7, 11) is 4.25. The smallest absolute Gasteiger partial charge is 0.0625 e. The van der Waals surface area contributed by atoms with E-state index < -0.39 is 0 Å². The van der Waals surface area contributed by atoms with Crippen LogP contribution >= 0.6 is 0 Å². The lowest BCUT2D eigenvalue weighted by Crippen LogP contribution is -2.42. The predicted molar refractivity (Wildman–Crippen MR) is 79.1 cm³/mol. The van der Waals surface area contributed by atoms with E-state index in [-0.39, 0.29) is 0 Å². The molecule has 2 heterocycles. The van der Waals surface area contributed by atoms with Crippen LogP contribution in [0.25, 0.3) is 0 Å². The zero-order valence-electron chi connectivity index (χ0n) is 12.9. The van der Waals surface area contributed by atoms with Crippen molar-refractivity contribution in [2.24, 2.45) is 12.5 Å². The number of hydrogen-bond acceptors (Lipinski definition) is 3. The average molecular weight is 264 g/mol. The quantitative estimate of drug-likeness (QED) is 0.880. The maximum atomic E-state index is 4.49. The monoisotopic (exact) mass is 264 g/mol. The molecule has 0 atom stereocenters. The molecule has 108 valence electrons. The molecule has 4 heteroatoms. The Balaban J connectivity index is 1.81. The van der Waals surface area contributed by atoms with Gasteiger partial charge in [0, 0.05) is 20.1 Å². The topological polar surface area (TPSA) is 33.1 Å². The lowest BCUT2D eigenvalue weighted by molar-refractivity contribution is 0.136. The van der Waals surface area contributed by atoms with Crippen LogP contribution in [0.2, 0.25) is 0 Å². The second-order valence-corrected chi connectivity index (χ2v) is 6.32. The Morgan fingerprint density at radius 1 is 1.32 bits per heavy atom. The number of aromatic nitrogens is 2. The molecule has 1 aromatic rings. The second kappa shape index (κ2) is 6.06. The lowest BCUT2D eigenvalue weighted by atomic mass is 9.80. The minimum absolute atomic E-state index is 0.457. The first-order valence-corrected chi connectivity index (χ1v) is 7.43. The van der Waals surface area contributed by atoms with E-state index in [0.29, 0.717) is 5.41 Å². The van der Waals surface area contributed by atoms with Crippen LogP contribution in [0.15, 0.2) is 6.07 Å². The van der Waals surface area contributed by atoms with Gasteiger partial charge >= 0.3 is 0 Å². The van der Waals surface area contributed by atoms with Gasteiger partial charge < -0.3 is 10.2 Å². The van der Waals surface area contributed by atoms with Crippen LogP contribution in [0.3, 0.4) is 0 Å². The zero-order chi connectivity index (χ0) is 13.9. The fourth-order valence-electron chi connectivity index (χ4n) is 2.74. The summed E-state index contributed by atoms with van der Waals surface area (Å²) in [6.45, 7) is 9.04. The van der Waals surface area contributed by atoms with Gasteiger partial charge in [-0.3, -0.25) is 4.68 Å². The molecule has 0 saturated carbocycles. The molecular weight excluding hydrogens is 236 g/mol. The van der Waals surface area contributed by atoms with Crippen LogP contribution in [-0.4, -0.2) is 41.4 Å². The molecule has 4 nitrogen and oxygen atoms in total. The number of likely N-dealkylation sites (tertiary alicyclic amines) is 1. The summed E-state index contributed by atoms with van der Waals surface area (Å²) in [4.78, 5) is 2.43. The first-order valence-electron chi connectivity index (χ1n) is 7.43. The molecule has 1 saturated heterocycles. The van der Waals surface area contributed by atoms with Gasteiger partial charge in [0.15, 0.2) is 0 Å². The maximum Gasteiger partial charge on any atom is 0.0625 e. The molecule has 2 rings (SSSR count). The van der Waals surface area contributed by atoms with Gasteiger partial charge in [0.05, 0.1) is 11.4 Å². The third-order valence-electron chi connectivity index (χ3n) is 4.44. The summed E-state index contributed by atoms with van der Waals surface area (Å²) in [6, 6.07) is 2.21. The van der Waals surface area contributed by atoms with Crippen LogP contribution < -0.4 is 5.32 Å². The highest BCUT2D eigenvalue weighted by Crippen LogP contribution is 2.29. The van der Waals surface area contributed by atoms with Crippen molar-refractivity contribution in [1.29, 1.82) is 0 Å². The van der Waals surface area contributed by atoms with Gasteiger partial charge in [-0.2, -0.15) is 5.10 Å². The minimum Gasteiger partial charge on any atom is -0.311 e. The maximum absolute atomic E-state index is 4.49. The molecule has 0 spiro atoms. The molecule has 0 aromatic carbocycles. The third-order valence-corrected chi connectivity index (χ3v) is 4.44. The minimum atomic E-state index is 0.457. The summed E-state index contributed by atoms with van der Waals surface area (Å²) >= 11 is 0. The first-order chi connectivity index (χ1) is 9.02. The van der Waals surface area contributed by atoms with Crippen molar-refractivity contribution in [1.82, 2.24) is 20.0 Å². The van der Waals surface area contributed by atoms with Crippen molar-refractivity contribution < 1.29 is 0 Å². The standard InChI is InChI=1S/C15H28N4/c1-5-13-10-14(19(4)17-13)11-16-12-15(2)6-8-18(3)9-7-15/h10,16H,5-9,11-12H2,1-4H3. The van der Waals surface area contributed by atoms with Gasteiger partial charge in [0.25, 0.3) is 0 Å². The summed E-state index contributed by atoms with van der Waals surface area (Å²) in [5, 5.41) is 8.12. The molecular formula is C15H28N4. The van der Waals surface area contributed by atoms with E-state index in [4.69, 9.17) is 0 Å². The summed E-state index contributed by atoms with van der Waals surface area (Å²) in [5.74, 6) is 0. The van der Waals surface area contributed by atoms with Crippen molar-refractivity contribution >= 4 is 0 Å². The van der Waals surface area contributed by atoms with E-state index >= 15 is 0 Å². The SMILES string of the molecule is CCc1cc(CNCC2(C)CCN(C)CC2)n(C)n1. The number of piperidine rings is 1.